The van der Waals surface area contributed by atoms with E-state index in [0.29, 0.717) is 17.3 Å². The normalized spacial score (nSPS) is 10.7. The number of nitrogens with one attached hydrogen (secondary N) is 1. The predicted molar refractivity (Wildman–Crippen MR) is 93.6 cm³/mol. The van der Waals surface area contributed by atoms with Crippen LogP contribution in [0.25, 0.3) is 10.8 Å². The molecule has 0 unspecified atom stereocenters. The Morgan fingerprint density at radius 1 is 1.13 bits per heavy atom. The van der Waals surface area contributed by atoms with Crippen LogP contribution in [0.4, 0.5) is 0 Å². The molecule has 0 saturated heterocycles. The Hall–Kier alpha value is -2.11. The summed E-state index contributed by atoms with van der Waals surface area (Å²) in [6.07, 6.45) is 1.72. The highest BCUT2D eigenvalue weighted by Crippen LogP contribution is 2.24. The van der Waals surface area contributed by atoms with Gasteiger partial charge in [0.25, 0.3) is 0 Å². The molecule has 0 aliphatic heterocycles. The van der Waals surface area contributed by atoms with Gasteiger partial charge >= 0.3 is 0 Å². The molecule has 4 nitrogen and oxygen atoms in total. The maximum absolute atomic E-state index is 12.0. The molecule has 0 saturated carbocycles. The van der Waals surface area contributed by atoms with Crippen molar-refractivity contribution in [2.24, 2.45) is 0 Å². The van der Waals surface area contributed by atoms with Crippen molar-refractivity contribution in [2.75, 3.05) is 5.75 Å². The van der Waals surface area contributed by atoms with Crippen LogP contribution in [0.5, 0.6) is 0 Å². The summed E-state index contributed by atoms with van der Waals surface area (Å²) in [4.78, 5) is 12.0. The lowest BCUT2D eigenvalue weighted by atomic mass is 10.2. The molecule has 0 fully saturated rings. The Labute approximate surface area is 143 Å². The number of thioether (sulfide) groups is 1. The van der Waals surface area contributed by atoms with Crippen molar-refractivity contribution in [3.8, 4) is 0 Å². The van der Waals surface area contributed by atoms with Crippen molar-refractivity contribution >= 4 is 40.0 Å². The summed E-state index contributed by atoms with van der Waals surface area (Å²) in [6, 6.07) is 15.3. The summed E-state index contributed by atoms with van der Waals surface area (Å²) < 4.78 is 0. The molecule has 0 spiro atoms. The standard InChI is InChI=1S/C17H14ClN3OS/c18-14-7-5-12(6-8-14)9-19-16(22)11-23-17-15-4-2-1-3-13(15)10-20-21-17/h1-8,10H,9,11H2,(H,19,22). The number of aromatic nitrogens is 2. The number of carbonyl (C=O) groups excluding carboxylic acids is 1. The van der Waals surface area contributed by atoms with Crippen LogP contribution in [0.1, 0.15) is 5.56 Å². The van der Waals surface area contributed by atoms with Crippen molar-refractivity contribution in [2.45, 2.75) is 11.6 Å². The SMILES string of the molecule is O=C(CSc1nncc2ccccc12)NCc1ccc(Cl)cc1. The molecular formula is C17H14ClN3OS. The molecule has 0 atom stereocenters. The van der Waals surface area contributed by atoms with Crippen LogP contribution in [0.15, 0.2) is 59.8 Å². The molecule has 0 aliphatic rings. The summed E-state index contributed by atoms with van der Waals surface area (Å²) >= 11 is 7.22. The second-order valence-corrected chi connectivity index (χ2v) is 6.33. The Kier molecular flexibility index (Phi) is 5.10. The van der Waals surface area contributed by atoms with E-state index in [-0.39, 0.29) is 5.91 Å². The van der Waals surface area contributed by atoms with Crippen LogP contribution in [0.2, 0.25) is 5.02 Å². The van der Waals surface area contributed by atoms with E-state index in [4.69, 9.17) is 11.6 Å². The lowest BCUT2D eigenvalue weighted by Gasteiger charge is -2.06. The number of fused-ring (bicyclic) bond motifs is 1. The van der Waals surface area contributed by atoms with Crippen LogP contribution < -0.4 is 5.32 Å². The Balaban J connectivity index is 1.57. The molecule has 1 amide bonds. The first-order chi connectivity index (χ1) is 11.2. The molecule has 0 radical (unpaired) electrons. The molecule has 6 heteroatoms. The van der Waals surface area contributed by atoms with E-state index >= 15 is 0 Å². The van der Waals surface area contributed by atoms with Gasteiger partial charge in [-0.2, -0.15) is 5.10 Å². The van der Waals surface area contributed by atoms with Gasteiger partial charge in [-0.1, -0.05) is 59.8 Å². The van der Waals surface area contributed by atoms with E-state index in [1.54, 1.807) is 6.20 Å². The van der Waals surface area contributed by atoms with Crippen LogP contribution in [0, 0.1) is 0 Å². The molecule has 116 valence electrons. The van der Waals surface area contributed by atoms with Gasteiger partial charge in [0, 0.05) is 22.3 Å². The first-order valence-electron chi connectivity index (χ1n) is 7.07. The number of hydrogen-bond donors (Lipinski definition) is 1. The number of halogens is 1. The third-order valence-electron chi connectivity index (χ3n) is 3.28. The average molecular weight is 344 g/mol. The van der Waals surface area contributed by atoms with E-state index in [9.17, 15) is 4.79 Å². The monoisotopic (exact) mass is 343 g/mol. The minimum Gasteiger partial charge on any atom is -0.351 e. The Morgan fingerprint density at radius 2 is 1.91 bits per heavy atom. The van der Waals surface area contributed by atoms with E-state index < -0.39 is 0 Å². The fourth-order valence-electron chi connectivity index (χ4n) is 2.10. The zero-order chi connectivity index (χ0) is 16.1. The summed E-state index contributed by atoms with van der Waals surface area (Å²) in [5, 5.41) is 14.5. The van der Waals surface area contributed by atoms with Gasteiger partial charge in [-0.3, -0.25) is 4.79 Å². The smallest absolute Gasteiger partial charge is 0.230 e. The summed E-state index contributed by atoms with van der Waals surface area (Å²) in [6.45, 7) is 0.484. The van der Waals surface area contributed by atoms with Crippen molar-refractivity contribution in [3.05, 3.63) is 65.3 Å². The maximum atomic E-state index is 12.0. The third kappa shape index (κ3) is 4.21. The highest BCUT2D eigenvalue weighted by molar-refractivity contribution is 8.00. The first-order valence-corrected chi connectivity index (χ1v) is 8.43. The molecule has 1 aromatic heterocycles. The quantitative estimate of drug-likeness (QED) is 0.718. The van der Waals surface area contributed by atoms with Gasteiger partial charge in [0.1, 0.15) is 5.03 Å². The highest BCUT2D eigenvalue weighted by atomic mass is 35.5. The molecule has 3 aromatic rings. The molecule has 23 heavy (non-hydrogen) atoms. The second kappa shape index (κ2) is 7.44. The molecule has 0 aliphatic carbocycles. The van der Waals surface area contributed by atoms with Crippen molar-refractivity contribution < 1.29 is 4.79 Å². The molecule has 1 N–H and O–H groups in total. The summed E-state index contributed by atoms with van der Waals surface area (Å²) in [5.74, 6) is 0.260. The van der Waals surface area contributed by atoms with Crippen LogP contribution >= 0.6 is 23.4 Å². The molecule has 1 heterocycles. The maximum Gasteiger partial charge on any atom is 0.230 e. The van der Waals surface area contributed by atoms with E-state index in [1.807, 2.05) is 48.5 Å². The van der Waals surface area contributed by atoms with Crippen LogP contribution in [-0.2, 0) is 11.3 Å². The molecule has 2 aromatic carbocycles. The van der Waals surface area contributed by atoms with E-state index in [1.165, 1.54) is 11.8 Å². The van der Waals surface area contributed by atoms with E-state index in [0.717, 1.165) is 21.4 Å². The number of amides is 1. The van der Waals surface area contributed by atoms with Gasteiger partial charge < -0.3 is 5.32 Å². The van der Waals surface area contributed by atoms with Gasteiger partial charge in [0.15, 0.2) is 0 Å². The van der Waals surface area contributed by atoms with Gasteiger partial charge in [0.2, 0.25) is 5.91 Å². The van der Waals surface area contributed by atoms with E-state index in [2.05, 4.69) is 15.5 Å². The fraction of sp³-hybridized carbons (Fsp3) is 0.118. The molecular weight excluding hydrogens is 330 g/mol. The fourth-order valence-corrected chi connectivity index (χ4v) is 3.04. The number of hydrogen-bond acceptors (Lipinski definition) is 4. The highest BCUT2D eigenvalue weighted by Gasteiger charge is 2.07. The topological polar surface area (TPSA) is 54.9 Å². The van der Waals surface area contributed by atoms with Gasteiger partial charge in [0.05, 0.1) is 11.9 Å². The lowest BCUT2D eigenvalue weighted by Crippen LogP contribution is -2.24. The minimum atomic E-state index is -0.0420. The summed E-state index contributed by atoms with van der Waals surface area (Å²) in [5.41, 5.74) is 1.01. The minimum absolute atomic E-state index is 0.0420. The van der Waals surface area contributed by atoms with Crippen molar-refractivity contribution in [1.82, 2.24) is 15.5 Å². The van der Waals surface area contributed by atoms with Gasteiger partial charge in [-0.05, 0) is 17.7 Å². The Bertz CT molecular complexity index is 818. The predicted octanol–water partition coefficient (Wildman–Crippen LogP) is 3.69. The van der Waals surface area contributed by atoms with Crippen LogP contribution in [0.3, 0.4) is 0 Å². The van der Waals surface area contributed by atoms with Crippen LogP contribution in [-0.4, -0.2) is 21.9 Å². The van der Waals surface area contributed by atoms with Gasteiger partial charge in [-0.25, -0.2) is 0 Å². The number of rotatable bonds is 5. The number of nitrogens with zero attached hydrogens (tertiary/aromatic N) is 2. The summed E-state index contributed by atoms with van der Waals surface area (Å²) in [7, 11) is 0. The first kappa shape index (κ1) is 15.8. The lowest BCUT2D eigenvalue weighted by molar-refractivity contribution is -0.118. The second-order valence-electron chi connectivity index (χ2n) is 4.93. The Morgan fingerprint density at radius 3 is 2.74 bits per heavy atom. The number of carbonyl (C=O) groups is 1. The molecule has 3 rings (SSSR count). The van der Waals surface area contributed by atoms with Crippen molar-refractivity contribution in [3.63, 3.8) is 0 Å². The third-order valence-corrected chi connectivity index (χ3v) is 4.51. The zero-order valence-corrected chi connectivity index (χ0v) is 13.8. The average Bonchev–Trinajstić information content (AvgIpc) is 2.59. The molecule has 0 bridgehead atoms. The number of benzene rings is 2. The van der Waals surface area contributed by atoms with Gasteiger partial charge in [-0.15, -0.1) is 5.10 Å². The largest absolute Gasteiger partial charge is 0.351 e. The van der Waals surface area contributed by atoms with Crippen molar-refractivity contribution in [1.29, 1.82) is 0 Å². The zero-order valence-electron chi connectivity index (χ0n) is 12.2.